The Labute approximate surface area is 225 Å². The highest BCUT2D eigenvalue weighted by atomic mass is 35.5. The summed E-state index contributed by atoms with van der Waals surface area (Å²) in [5, 5.41) is 14.4. The van der Waals surface area contributed by atoms with Gasteiger partial charge in [0.1, 0.15) is 23.3 Å². The van der Waals surface area contributed by atoms with Crippen molar-refractivity contribution in [1.29, 1.82) is 5.26 Å². The lowest BCUT2D eigenvalue weighted by Crippen LogP contribution is -2.35. The number of ether oxygens (including phenoxy) is 3. The molecule has 1 aliphatic rings. The largest absolute Gasteiger partial charge is 0.496 e. The van der Waals surface area contributed by atoms with Crippen molar-refractivity contribution in [3.05, 3.63) is 64.0 Å². The molecule has 1 atom stereocenters. The van der Waals surface area contributed by atoms with E-state index in [4.69, 9.17) is 43.2 Å². The zero-order valence-electron chi connectivity index (χ0n) is 21.2. The lowest BCUT2D eigenvalue weighted by molar-refractivity contribution is 0.0341. The van der Waals surface area contributed by atoms with Crippen LogP contribution in [-0.4, -0.2) is 50.4 Å². The zero-order valence-corrected chi connectivity index (χ0v) is 21.7. The molecule has 1 unspecified atom stereocenters. The number of hydrogen-bond acceptors (Lipinski definition) is 8. The minimum absolute atomic E-state index is 0.320. The molecular weight excluding hydrogens is 515 g/mol. The smallest absolute Gasteiger partial charge is 0.139 e. The van der Waals surface area contributed by atoms with Crippen LogP contribution in [0.3, 0.4) is 0 Å². The number of methoxy groups -OCH3 is 2. The van der Waals surface area contributed by atoms with Crippen LogP contribution < -0.4 is 14.8 Å². The summed E-state index contributed by atoms with van der Waals surface area (Å²) < 4.78 is 31.0. The van der Waals surface area contributed by atoms with Gasteiger partial charge in [-0.25, -0.2) is 0 Å². The first-order valence-electron chi connectivity index (χ1n) is 12.0. The van der Waals surface area contributed by atoms with Gasteiger partial charge in [-0.1, -0.05) is 23.2 Å². The highest BCUT2D eigenvalue weighted by molar-refractivity contribution is 6.37. The van der Waals surface area contributed by atoms with Crippen molar-refractivity contribution < 1.29 is 20.0 Å². The molecule has 0 amide bonds. The number of halogens is 2. The molecule has 190 valence electrons. The van der Waals surface area contributed by atoms with Crippen LogP contribution in [0.5, 0.6) is 11.5 Å². The minimum atomic E-state index is -0.559. The SMILES string of the molecule is [2H]C(c1coc(-c2cc3ncc(C#N)c(Nc4cc(OC)c(Cl)cc4Cl)c3cc2OC)c1)N1CCOCC1. The van der Waals surface area contributed by atoms with E-state index in [1.54, 1.807) is 31.6 Å². The first-order chi connectivity index (χ1) is 18.4. The maximum Gasteiger partial charge on any atom is 0.139 e. The predicted molar refractivity (Wildman–Crippen MR) is 143 cm³/mol. The number of hydrogen-bond donors (Lipinski definition) is 1. The van der Waals surface area contributed by atoms with E-state index >= 15 is 0 Å². The average molecular weight is 540 g/mol. The molecule has 5 rings (SSSR count). The molecule has 2 aromatic carbocycles. The van der Waals surface area contributed by atoms with Crippen LogP contribution in [0.15, 0.2) is 47.2 Å². The maximum atomic E-state index is 9.81. The minimum Gasteiger partial charge on any atom is -0.496 e. The molecule has 4 aromatic rings. The summed E-state index contributed by atoms with van der Waals surface area (Å²) >= 11 is 12.6. The molecule has 1 fully saturated rings. The van der Waals surface area contributed by atoms with E-state index in [2.05, 4.69) is 16.4 Å². The first kappa shape index (κ1) is 23.9. The molecule has 0 aliphatic carbocycles. The Kier molecular flexibility index (Phi) is 7.02. The molecule has 10 heteroatoms. The Balaban J connectivity index is 1.56. The molecule has 1 N–H and O–H groups in total. The number of nitrogens with zero attached hydrogens (tertiary/aromatic N) is 3. The number of rotatable bonds is 7. The number of pyridine rings is 1. The van der Waals surface area contributed by atoms with Crippen molar-refractivity contribution >= 4 is 45.5 Å². The standard InChI is InChI=1S/C27H24Cl2N4O4/c1-34-24-9-18-22(8-19(24)25-7-16(15-37-25)14-33-3-5-36-6-4-33)31-13-17(12-30)27(18)32-23-11-26(35-2)21(29)10-20(23)28/h7-11,13,15H,3-6,14H2,1-2H3,(H,31,32)/i14D. The van der Waals surface area contributed by atoms with Gasteiger partial charge in [0, 0.05) is 44.2 Å². The molecule has 0 saturated carbocycles. The van der Waals surface area contributed by atoms with Gasteiger partial charge in [-0.15, -0.1) is 0 Å². The zero-order chi connectivity index (χ0) is 26.8. The number of aromatic nitrogens is 1. The lowest BCUT2D eigenvalue weighted by atomic mass is 10.0. The second-order valence-corrected chi connectivity index (χ2v) is 9.16. The molecule has 1 aliphatic heterocycles. The molecule has 8 nitrogen and oxygen atoms in total. The van der Waals surface area contributed by atoms with Crippen molar-refractivity contribution in [1.82, 2.24) is 9.88 Å². The van der Waals surface area contributed by atoms with Gasteiger partial charge in [-0.05, 0) is 24.3 Å². The van der Waals surface area contributed by atoms with Crippen LogP contribution in [0.1, 0.15) is 12.5 Å². The third kappa shape index (κ3) is 5.17. The third-order valence-electron chi connectivity index (χ3n) is 6.07. The van der Waals surface area contributed by atoms with Crippen molar-refractivity contribution in [2.45, 2.75) is 6.52 Å². The Morgan fingerprint density at radius 1 is 1.11 bits per heavy atom. The number of fused-ring (bicyclic) bond motifs is 1. The second kappa shape index (κ2) is 10.9. The summed E-state index contributed by atoms with van der Waals surface area (Å²) in [4.78, 5) is 6.54. The van der Waals surface area contributed by atoms with Gasteiger partial charge < -0.3 is 23.9 Å². The Morgan fingerprint density at radius 2 is 1.89 bits per heavy atom. The van der Waals surface area contributed by atoms with E-state index in [9.17, 15) is 5.26 Å². The van der Waals surface area contributed by atoms with Gasteiger partial charge >= 0.3 is 0 Å². The molecule has 0 radical (unpaired) electrons. The molecule has 2 aromatic heterocycles. The summed E-state index contributed by atoms with van der Waals surface area (Å²) in [6, 6.07) is 10.9. The molecule has 3 heterocycles. The van der Waals surface area contributed by atoms with Crippen molar-refractivity contribution in [2.24, 2.45) is 0 Å². The number of furan rings is 1. The third-order valence-corrected chi connectivity index (χ3v) is 6.68. The number of nitriles is 1. The van der Waals surface area contributed by atoms with Crippen LogP contribution in [0.25, 0.3) is 22.2 Å². The van der Waals surface area contributed by atoms with E-state index in [0.717, 1.165) is 5.56 Å². The molecule has 37 heavy (non-hydrogen) atoms. The van der Waals surface area contributed by atoms with E-state index in [0.29, 0.717) is 87.0 Å². The normalized spacial score (nSPS) is 15.2. The Hall–Kier alpha value is -3.48. The predicted octanol–water partition coefficient (Wildman–Crippen LogP) is 6.27. The number of anilines is 2. The van der Waals surface area contributed by atoms with Crippen LogP contribution >= 0.6 is 23.2 Å². The monoisotopic (exact) mass is 539 g/mol. The highest BCUT2D eigenvalue weighted by Crippen LogP contribution is 2.41. The highest BCUT2D eigenvalue weighted by Gasteiger charge is 2.19. The van der Waals surface area contributed by atoms with Crippen molar-refractivity contribution in [3.63, 3.8) is 0 Å². The molecule has 1 saturated heterocycles. The topological polar surface area (TPSA) is 92.8 Å². The van der Waals surface area contributed by atoms with Crippen LogP contribution in [0.2, 0.25) is 10.0 Å². The first-order valence-corrected chi connectivity index (χ1v) is 12.2. The van der Waals surface area contributed by atoms with Gasteiger partial charge in [0.15, 0.2) is 0 Å². The van der Waals surface area contributed by atoms with Crippen molar-refractivity contribution in [2.75, 3.05) is 45.8 Å². The van der Waals surface area contributed by atoms with Gasteiger partial charge in [-0.2, -0.15) is 5.26 Å². The summed E-state index contributed by atoms with van der Waals surface area (Å²) in [7, 11) is 3.07. The maximum absolute atomic E-state index is 9.81. The number of benzene rings is 2. The van der Waals surface area contributed by atoms with Crippen molar-refractivity contribution in [3.8, 4) is 28.9 Å². The summed E-state index contributed by atoms with van der Waals surface area (Å²) in [6.45, 7) is 2.05. The summed E-state index contributed by atoms with van der Waals surface area (Å²) in [5.74, 6) is 1.51. The van der Waals surface area contributed by atoms with Crippen LogP contribution in [0.4, 0.5) is 11.4 Å². The molecular formula is C27H24Cl2N4O4. The Bertz CT molecular complexity index is 1530. The molecule has 0 bridgehead atoms. The Morgan fingerprint density at radius 3 is 2.62 bits per heavy atom. The van der Waals surface area contributed by atoms with Gasteiger partial charge in [0.2, 0.25) is 0 Å². The van der Waals surface area contributed by atoms with E-state index < -0.39 is 6.52 Å². The van der Waals surface area contributed by atoms with E-state index in [1.807, 2.05) is 17.0 Å². The average Bonchev–Trinajstić information content (AvgIpc) is 3.44. The fraction of sp³-hybridized carbons (Fsp3) is 0.259. The van der Waals surface area contributed by atoms with Crippen LogP contribution in [-0.2, 0) is 11.3 Å². The van der Waals surface area contributed by atoms with Gasteiger partial charge in [0.05, 0.1) is 71.8 Å². The fourth-order valence-electron chi connectivity index (χ4n) is 4.19. The quantitative estimate of drug-likeness (QED) is 0.294. The van der Waals surface area contributed by atoms with Gasteiger partial charge in [-0.3, -0.25) is 9.88 Å². The van der Waals surface area contributed by atoms with Crippen LogP contribution in [0, 0.1) is 11.3 Å². The van der Waals surface area contributed by atoms with E-state index in [1.165, 1.54) is 13.3 Å². The summed E-state index contributed by atoms with van der Waals surface area (Å²) in [6.07, 6.45) is 3.09. The van der Waals surface area contributed by atoms with Gasteiger partial charge in [0.25, 0.3) is 0 Å². The molecule has 0 spiro atoms. The number of morpholine rings is 1. The fourth-order valence-corrected chi connectivity index (χ4v) is 4.70. The van der Waals surface area contributed by atoms with E-state index in [-0.39, 0.29) is 0 Å². The summed E-state index contributed by atoms with van der Waals surface area (Å²) in [5.41, 5.74) is 3.36. The second-order valence-electron chi connectivity index (χ2n) is 8.34. The lowest BCUT2D eigenvalue weighted by Gasteiger charge is -2.25. The number of nitrogens with one attached hydrogen (secondary N) is 1.